The molecule has 0 unspecified atom stereocenters. The molecule has 4 aromatic rings. The van der Waals surface area contributed by atoms with E-state index in [-0.39, 0.29) is 0 Å². The molecule has 0 aromatic heterocycles. The van der Waals surface area contributed by atoms with Gasteiger partial charge in [-0.2, -0.15) is 4.58 Å². The van der Waals surface area contributed by atoms with Gasteiger partial charge in [-0.1, -0.05) is 72.3 Å². The first-order valence-electron chi connectivity index (χ1n) is 13.0. The summed E-state index contributed by atoms with van der Waals surface area (Å²) < 4.78 is 11.1. The topological polar surface area (TPSA) is 86.8 Å². The molecule has 1 heterocycles. The first kappa shape index (κ1) is 29.5. The third-order valence-electron chi connectivity index (χ3n) is 6.83. The normalized spacial score (nSPS) is 13.9. The molecular formula is C32H32ClN2O4P. The lowest BCUT2D eigenvalue weighted by molar-refractivity contribution is -0.400. The van der Waals surface area contributed by atoms with Crippen LogP contribution in [-0.4, -0.2) is 40.2 Å². The zero-order chi connectivity index (χ0) is 28.9. The summed E-state index contributed by atoms with van der Waals surface area (Å²) in [5.74, 6) is 0. The molecule has 40 heavy (non-hydrogen) atoms. The van der Waals surface area contributed by atoms with Gasteiger partial charge in [0.05, 0.1) is 11.1 Å². The monoisotopic (exact) mass is 574 g/mol. The quantitative estimate of drug-likeness (QED) is 0.207. The van der Waals surface area contributed by atoms with Crippen LogP contribution in [0.15, 0.2) is 103 Å². The van der Waals surface area contributed by atoms with E-state index < -0.39 is 7.82 Å². The molecule has 0 bridgehead atoms. The Kier molecular flexibility index (Phi) is 9.41. The average molecular weight is 575 g/mol. The van der Waals surface area contributed by atoms with E-state index in [4.69, 9.17) is 30.8 Å². The van der Waals surface area contributed by atoms with E-state index in [1.165, 1.54) is 33.8 Å². The zero-order valence-corrected chi connectivity index (χ0v) is 24.3. The molecule has 0 saturated heterocycles. The lowest BCUT2D eigenvalue weighted by atomic mass is 9.86. The number of halogens is 1. The SMILES string of the molecule is CCN(CC)c1ccc(C(=C2C(c3ccccc3)=[N+](C)c3ccccc32)c2ccccc2Cl)cc1.O=P([O-])(O)O. The van der Waals surface area contributed by atoms with Crippen molar-refractivity contribution in [2.75, 3.05) is 25.0 Å². The Hall–Kier alpha value is -3.51. The van der Waals surface area contributed by atoms with Crippen molar-refractivity contribution in [3.05, 3.63) is 130 Å². The van der Waals surface area contributed by atoms with Crippen LogP contribution in [0.1, 0.15) is 36.1 Å². The van der Waals surface area contributed by atoms with Gasteiger partial charge in [-0.25, -0.2) is 0 Å². The van der Waals surface area contributed by atoms with Crippen LogP contribution >= 0.6 is 19.4 Å². The zero-order valence-electron chi connectivity index (χ0n) is 22.7. The largest absolute Gasteiger partial charge is 0.756 e. The highest BCUT2D eigenvalue weighted by Gasteiger charge is 2.36. The molecule has 1 aliphatic rings. The van der Waals surface area contributed by atoms with E-state index >= 15 is 0 Å². The minimum absolute atomic E-state index is 0.752. The van der Waals surface area contributed by atoms with Crippen LogP contribution in [0.2, 0.25) is 5.02 Å². The highest BCUT2D eigenvalue weighted by Crippen LogP contribution is 2.44. The van der Waals surface area contributed by atoms with Gasteiger partial charge in [0.25, 0.3) is 7.82 Å². The highest BCUT2D eigenvalue weighted by atomic mass is 35.5. The van der Waals surface area contributed by atoms with E-state index in [2.05, 4.69) is 121 Å². The number of benzene rings is 4. The van der Waals surface area contributed by atoms with Crippen LogP contribution in [0.4, 0.5) is 11.4 Å². The van der Waals surface area contributed by atoms with Crippen LogP contribution in [0.3, 0.4) is 0 Å². The predicted molar refractivity (Wildman–Crippen MR) is 162 cm³/mol. The summed E-state index contributed by atoms with van der Waals surface area (Å²) in [6.45, 7) is 6.36. The number of fused-ring (bicyclic) bond motifs is 1. The second kappa shape index (κ2) is 12.8. The maximum Gasteiger partial charge on any atom is 0.262 e. The van der Waals surface area contributed by atoms with Crippen LogP contribution in [0.25, 0.3) is 11.1 Å². The Morgan fingerprint density at radius 2 is 1.40 bits per heavy atom. The Balaban J connectivity index is 0.000000681. The molecule has 0 radical (unpaired) electrons. The van der Waals surface area contributed by atoms with Gasteiger partial charge in [0.1, 0.15) is 7.05 Å². The average Bonchev–Trinajstić information content (AvgIpc) is 3.23. The minimum atomic E-state index is -4.89. The van der Waals surface area contributed by atoms with Crippen molar-refractivity contribution in [1.29, 1.82) is 0 Å². The van der Waals surface area contributed by atoms with Crippen molar-refractivity contribution in [2.24, 2.45) is 0 Å². The summed E-state index contributed by atoms with van der Waals surface area (Å²) >= 11 is 6.87. The summed E-state index contributed by atoms with van der Waals surface area (Å²) in [5.41, 5.74) is 10.6. The molecule has 6 nitrogen and oxygen atoms in total. The van der Waals surface area contributed by atoms with Crippen molar-refractivity contribution < 1.29 is 23.8 Å². The summed E-state index contributed by atoms with van der Waals surface area (Å²) in [4.78, 5) is 25.3. The molecule has 0 amide bonds. The molecule has 4 aromatic carbocycles. The second-order valence-electron chi connectivity index (χ2n) is 9.23. The Labute approximate surface area is 240 Å². The maximum atomic E-state index is 8.77. The van der Waals surface area contributed by atoms with Gasteiger partial charge in [-0.15, -0.1) is 0 Å². The van der Waals surface area contributed by atoms with E-state index in [1.54, 1.807) is 0 Å². The highest BCUT2D eigenvalue weighted by molar-refractivity contribution is 7.43. The van der Waals surface area contributed by atoms with E-state index in [9.17, 15) is 0 Å². The fourth-order valence-corrected chi connectivity index (χ4v) is 5.34. The predicted octanol–water partition coefficient (Wildman–Crippen LogP) is 6.36. The van der Waals surface area contributed by atoms with Gasteiger partial charge >= 0.3 is 0 Å². The minimum Gasteiger partial charge on any atom is -0.756 e. The fourth-order valence-electron chi connectivity index (χ4n) is 5.11. The van der Waals surface area contributed by atoms with Crippen LogP contribution in [0.5, 0.6) is 0 Å². The first-order chi connectivity index (χ1) is 19.1. The summed E-state index contributed by atoms with van der Waals surface area (Å²) in [6.07, 6.45) is 0. The number of rotatable bonds is 6. The third-order valence-corrected chi connectivity index (χ3v) is 7.16. The molecule has 2 N–H and O–H groups in total. The first-order valence-corrected chi connectivity index (χ1v) is 14.9. The standard InChI is InChI=1S/C32H30ClN2.H3O4P/c1-4-35(5-2)25-21-19-23(20-22-25)30(26-15-9-11-17-28(26)33)31-27-16-10-12-18-29(27)34(3)32(31)24-13-7-6-8-14-24;1-5(2,3)4/h6-22H,4-5H2,1-3H3;(H3,1,2,3,4)/q+1;/p-1. The smallest absolute Gasteiger partial charge is 0.262 e. The Morgan fingerprint density at radius 1 is 0.850 bits per heavy atom. The van der Waals surface area contributed by atoms with Gasteiger partial charge in [0, 0.05) is 46.6 Å². The molecule has 1 aliphatic heterocycles. The summed E-state index contributed by atoms with van der Waals surface area (Å²) in [5, 5.41) is 0.752. The molecular weight excluding hydrogens is 543 g/mol. The lowest BCUT2D eigenvalue weighted by Crippen LogP contribution is -2.21. The number of phosphoric acid groups is 1. The third kappa shape index (κ3) is 6.61. The van der Waals surface area contributed by atoms with Crippen molar-refractivity contribution in [3.8, 4) is 0 Å². The van der Waals surface area contributed by atoms with Crippen molar-refractivity contribution in [3.63, 3.8) is 0 Å². The van der Waals surface area contributed by atoms with Gasteiger partial charge in [-0.05, 0) is 55.8 Å². The van der Waals surface area contributed by atoms with Gasteiger partial charge < -0.3 is 19.6 Å². The lowest BCUT2D eigenvalue weighted by Gasteiger charge is -2.22. The molecule has 5 rings (SSSR count). The van der Waals surface area contributed by atoms with Gasteiger partial charge in [0.15, 0.2) is 0 Å². The van der Waals surface area contributed by atoms with Crippen molar-refractivity contribution >= 4 is 47.7 Å². The number of hydrogen-bond acceptors (Lipinski definition) is 3. The molecule has 0 atom stereocenters. The van der Waals surface area contributed by atoms with Crippen molar-refractivity contribution in [1.82, 2.24) is 0 Å². The maximum absolute atomic E-state index is 8.77. The molecule has 0 spiro atoms. The number of nitrogens with zero attached hydrogens (tertiary/aromatic N) is 2. The van der Waals surface area contributed by atoms with Gasteiger partial charge in [-0.3, -0.25) is 4.57 Å². The second-order valence-corrected chi connectivity index (χ2v) is 10.6. The summed E-state index contributed by atoms with van der Waals surface area (Å²) in [6, 6.07) is 36.4. The number of para-hydroxylation sites is 1. The van der Waals surface area contributed by atoms with Gasteiger partial charge in [0.2, 0.25) is 11.4 Å². The van der Waals surface area contributed by atoms with Crippen molar-refractivity contribution in [2.45, 2.75) is 13.8 Å². The molecule has 0 saturated carbocycles. The van der Waals surface area contributed by atoms with E-state index in [0.29, 0.717) is 0 Å². The Morgan fingerprint density at radius 3 is 2.00 bits per heavy atom. The molecule has 8 heteroatoms. The van der Waals surface area contributed by atoms with Crippen LogP contribution in [0, 0.1) is 0 Å². The summed E-state index contributed by atoms with van der Waals surface area (Å²) in [7, 11) is -2.73. The van der Waals surface area contributed by atoms with Crippen LogP contribution < -0.4 is 9.79 Å². The number of hydrogen-bond donors (Lipinski definition) is 2. The number of allylic oxidation sites excluding steroid dienone is 1. The Bertz CT molecular complexity index is 1580. The molecule has 206 valence electrons. The number of anilines is 1. The molecule has 0 fully saturated rings. The van der Waals surface area contributed by atoms with Crippen LogP contribution in [-0.2, 0) is 4.57 Å². The van der Waals surface area contributed by atoms with E-state index in [1.807, 2.05) is 12.1 Å². The molecule has 0 aliphatic carbocycles. The van der Waals surface area contributed by atoms with E-state index in [0.717, 1.165) is 34.8 Å². The fraction of sp³-hybridized carbons (Fsp3) is 0.156.